The van der Waals surface area contributed by atoms with E-state index in [1.807, 2.05) is 32.2 Å². The normalized spacial score (nSPS) is 22.0. The number of thioether (sulfide) groups is 1. The number of aliphatic hydroxyl groups is 1. The minimum atomic E-state index is -0.760. The van der Waals surface area contributed by atoms with Crippen molar-refractivity contribution in [1.82, 2.24) is 4.98 Å². The molecule has 0 saturated heterocycles. The maximum Gasteiger partial charge on any atom is 0.316 e. The first-order valence-corrected chi connectivity index (χ1v) is 9.01. The number of pyridine rings is 1. The Balaban J connectivity index is 2.14. The molecule has 5 nitrogen and oxygen atoms in total. The molecule has 0 fully saturated rings. The van der Waals surface area contributed by atoms with Crippen LogP contribution in [0.3, 0.4) is 0 Å². The summed E-state index contributed by atoms with van der Waals surface area (Å²) < 4.78 is 4.83. The molecule has 130 valence electrons. The van der Waals surface area contributed by atoms with Crippen molar-refractivity contribution in [3.05, 3.63) is 35.7 Å². The highest BCUT2D eigenvalue weighted by Crippen LogP contribution is 2.38. The molecule has 1 heterocycles. The fraction of sp³-hybridized carbons (Fsp3) is 0.500. The number of aryl methyl sites for hydroxylation is 1. The van der Waals surface area contributed by atoms with Crippen molar-refractivity contribution in [2.45, 2.75) is 31.7 Å². The summed E-state index contributed by atoms with van der Waals surface area (Å²) in [7, 11) is 1.30. The average molecular weight is 349 g/mol. The van der Waals surface area contributed by atoms with Crippen LogP contribution in [0.2, 0.25) is 0 Å². The van der Waals surface area contributed by atoms with Gasteiger partial charge in [-0.25, -0.2) is 4.98 Å². The number of aromatic nitrogens is 1. The highest BCUT2D eigenvalue weighted by Gasteiger charge is 2.41. The van der Waals surface area contributed by atoms with Gasteiger partial charge < -0.3 is 9.84 Å². The summed E-state index contributed by atoms with van der Waals surface area (Å²) in [5.74, 6) is -0.998. The first-order chi connectivity index (χ1) is 11.5. The van der Waals surface area contributed by atoms with E-state index < -0.39 is 11.9 Å². The summed E-state index contributed by atoms with van der Waals surface area (Å²) in [5.41, 5.74) is 1.10. The zero-order chi connectivity index (χ0) is 17.7. The lowest BCUT2D eigenvalue weighted by molar-refractivity contribution is -0.148. The van der Waals surface area contributed by atoms with Crippen molar-refractivity contribution >= 4 is 23.5 Å². The summed E-state index contributed by atoms with van der Waals surface area (Å²) in [4.78, 5) is 28.3. The molecule has 0 radical (unpaired) electrons. The number of allylic oxidation sites excluding steroid dienone is 1. The minimum absolute atomic E-state index is 0.0991. The van der Waals surface area contributed by atoms with Gasteiger partial charge in [0.05, 0.1) is 12.1 Å². The molecule has 1 aromatic rings. The van der Waals surface area contributed by atoms with Gasteiger partial charge in [0.25, 0.3) is 0 Å². The zero-order valence-corrected chi connectivity index (χ0v) is 15.0. The van der Waals surface area contributed by atoms with E-state index in [2.05, 4.69) is 4.98 Å². The number of rotatable bonds is 6. The Morgan fingerprint density at radius 2 is 2.25 bits per heavy atom. The largest absolute Gasteiger partial charge is 0.511 e. The van der Waals surface area contributed by atoms with E-state index in [-0.39, 0.29) is 29.8 Å². The summed E-state index contributed by atoms with van der Waals surface area (Å²) >= 11 is 1.60. The van der Waals surface area contributed by atoms with Gasteiger partial charge in [0.15, 0.2) is 5.78 Å². The van der Waals surface area contributed by atoms with Gasteiger partial charge in [-0.3, -0.25) is 9.59 Å². The van der Waals surface area contributed by atoms with Gasteiger partial charge in [-0.1, -0.05) is 19.4 Å². The highest BCUT2D eigenvalue weighted by atomic mass is 32.2. The average Bonchev–Trinajstić information content (AvgIpc) is 2.56. The van der Waals surface area contributed by atoms with Gasteiger partial charge in [-0.2, -0.15) is 0 Å². The van der Waals surface area contributed by atoms with Crippen LogP contribution in [0, 0.1) is 24.7 Å². The first-order valence-electron chi connectivity index (χ1n) is 8.02. The lowest BCUT2D eigenvalue weighted by atomic mass is 9.74. The molecule has 0 amide bonds. The number of carbonyl (C=O) groups is 2. The Labute approximate surface area is 146 Å². The van der Waals surface area contributed by atoms with Gasteiger partial charge in [0, 0.05) is 24.4 Å². The predicted octanol–water partition coefficient (Wildman–Crippen LogP) is 3.33. The van der Waals surface area contributed by atoms with Crippen LogP contribution in [0.5, 0.6) is 0 Å². The number of carbonyl (C=O) groups excluding carboxylic acids is 2. The molecule has 0 bridgehead atoms. The molecule has 0 aromatic carbocycles. The topological polar surface area (TPSA) is 76.5 Å². The van der Waals surface area contributed by atoms with Crippen LogP contribution in [0.25, 0.3) is 0 Å². The monoisotopic (exact) mass is 349 g/mol. The van der Waals surface area contributed by atoms with Gasteiger partial charge in [0.2, 0.25) is 0 Å². The third-order valence-corrected chi connectivity index (χ3v) is 5.54. The molecule has 2 rings (SSSR count). The number of hydrogen-bond acceptors (Lipinski definition) is 6. The number of nitrogens with zero attached hydrogens (tertiary/aromatic N) is 1. The third kappa shape index (κ3) is 4.38. The molecule has 24 heavy (non-hydrogen) atoms. The van der Waals surface area contributed by atoms with Gasteiger partial charge >= 0.3 is 5.97 Å². The van der Waals surface area contributed by atoms with Crippen molar-refractivity contribution < 1.29 is 19.4 Å². The predicted molar refractivity (Wildman–Crippen MR) is 92.8 cm³/mol. The van der Waals surface area contributed by atoms with E-state index in [4.69, 9.17) is 4.74 Å². The van der Waals surface area contributed by atoms with Gasteiger partial charge in [-0.15, -0.1) is 11.8 Å². The van der Waals surface area contributed by atoms with E-state index in [1.54, 1.807) is 11.8 Å². The van der Waals surface area contributed by atoms with Crippen molar-refractivity contribution in [3.63, 3.8) is 0 Å². The third-order valence-electron chi connectivity index (χ3n) is 4.41. The van der Waals surface area contributed by atoms with Crippen LogP contribution >= 0.6 is 11.8 Å². The smallest absolute Gasteiger partial charge is 0.316 e. The zero-order valence-electron chi connectivity index (χ0n) is 14.2. The maximum atomic E-state index is 12.1. The van der Waals surface area contributed by atoms with Crippen LogP contribution < -0.4 is 0 Å². The molecule has 3 unspecified atom stereocenters. The van der Waals surface area contributed by atoms with E-state index in [0.29, 0.717) is 0 Å². The maximum absolute atomic E-state index is 12.1. The van der Waals surface area contributed by atoms with Crippen LogP contribution in [0.4, 0.5) is 0 Å². The minimum Gasteiger partial charge on any atom is -0.511 e. The molecular formula is C18H23NO4S. The Morgan fingerprint density at radius 3 is 2.83 bits per heavy atom. The number of esters is 1. The second-order valence-electron chi connectivity index (χ2n) is 6.06. The SMILES string of the molecule is CCC(CSc1ccc(C)cn1)C1CC(=O)C=C(O)C1C(=O)OC. The van der Waals surface area contributed by atoms with E-state index in [1.165, 1.54) is 7.11 Å². The first kappa shape index (κ1) is 18.5. The lowest BCUT2D eigenvalue weighted by Gasteiger charge is -2.33. The summed E-state index contributed by atoms with van der Waals surface area (Å²) in [5, 5.41) is 11.0. The molecule has 0 aliphatic heterocycles. The van der Waals surface area contributed by atoms with Crippen molar-refractivity contribution in [2.24, 2.45) is 17.8 Å². The second kappa shape index (κ2) is 8.33. The molecule has 1 N–H and O–H groups in total. The van der Waals surface area contributed by atoms with Crippen LogP contribution in [0.15, 0.2) is 35.2 Å². The Bertz CT molecular complexity index is 626. The van der Waals surface area contributed by atoms with E-state index in [0.717, 1.165) is 28.8 Å². The highest BCUT2D eigenvalue weighted by molar-refractivity contribution is 7.99. The van der Waals surface area contributed by atoms with Crippen LogP contribution in [-0.2, 0) is 14.3 Å². The summed E-state index contributed by atoms with van der Waals surface area (Å²) in [6.07, 6.45) is 4.03. The molecule has 1 aromatic heterocycles. The molecule has 3 atom stereocenters. The van der Waals surface area contributed by atoms with Crippen molar-refractivity contribution in [1.29, 1.82) is 0 Å². The van der Waals surface area contributed by atoms with E-state index >= 15 is 0 Å². The number of ether oxygens (including phenoxy) is 1. The number of aliphatic hydroxyl groups excluding tert-OH is 1. The number of methoxy groups -OCH3 is 1. The molecular weight excluding hydrogens is 326 g/mol. The van der Waals surface area contributed by atoms with Crippen molar-refractivity contribution in [3.8, 4) is 0 Å². The summed E-state index contributed by atoms with van der Waals surface area (Å²) in [6, 6.07) is 3.97. The number of ketones is 1. The molecule has 0 saturated carbocycles. The van der Waals surface area contributed by atoms with E-state index in [9.17, 15) is 14.7 Å². The lowest BCUT2D eigenvalue weighted by Crippen LogP contribution is -2.37. The molecule has 6 heteroatoms. The molecule has 1 aliphatic rings. The summed E-state index contributed by atoms with van der Waals surface area (Å²) in [6.45, 7) is 4.02. The Kier molecular flexibility index (Phi) is 6.43. The number of hydrogen-bond donors (Lipinski definition) is 1. The van der Waals surface area contributed by atoms with Gasteiger partial charge in [-0.05, 0) is 30.4 Å². The quantitative estimate of drug-likeness (QED) is 0.627. The van der Waals surface area contributed by atoms with Crippen LogP contribution in [-0.4, -0.2) is 34.7 Å². The Hall–Kier alpha value is -1.82. The molecule has 1 aliphatic carbocycles. The molecule has 0 spiro atoms. The van der Waals surface area contributed by atoms with Crippen molar-refractivity contribution in [2.75, 3.05) is 12.9 Å². The fourth-order valence-corrected chi connectivity index (χ4v) is 4.18. The van der Waals surface area contributed by atoms with Crippen LogP contribution in [0.1, 0.15) is 25.3 Å². The Morgan fingerprint density at radius 1 is 1.50 bits per heavy atom. The standard InChI is InChI=1S/C18H23NO4S/c1-4-12(10-24-16-6-5-11(2)9-19-16)14-7-13(20)8-15(21)17(14)18(22)23-3/h5-6,8-9,12,14,17,21H,4,7,10H2,1-3H3. The fourth-order valence-electron chi connectivity index (χ4n) is 3.02. The van der Waals surface area contributed by atoms with Gasteiger partial charge in [0.1, 0.15) is 11.7 Å². The second-order valence-corrected chi connectivity index (χ2v) is 7.10.